The third-order valence-electron chi connectivity index (χ3n) is 3.73. The van der Waals surface area contributed by atoms with Gasteiger partial charge in [0.2, 0.25) is 0 Å². The molecule has 1 aliphatic heterocycles. The minimum Gasteiger partial charge on any atom is -0.337 e. The fourth-order valence-electron chi connectivity index (χ4n) is 2.65. The van der Waals surface area contributed by atoms with Crippen LogP contribution in [0.25, 0.3) is 5.82 Å². The summed E-state index contributed by atoms with van der Waals surface area (Å²) in [6.07, 6.45) is 2.47. The van der Waals surface area contributed by atoms with Crippen LogP contribution in [-0.4, -0.2) is 44.7 Å². The van der Waals surface area contributed by atoms with Crippen LogP contribution in [0.5, 0.6) is 0 Å². The van der Waals surface area contributed by atoms with Crippen molar-refractivity contribution in [2.24, 2.45) is 5.73 Å². The number of pyridine rings is 1. The molecule has 0 bridgehead atoms. The van der Waals surface area contributed by atoms with Gasteiger partial charge in [0.15, 0.2) is 5.82 Å². The highest BCUT2D eigenvalue weighted by Crippen LogP contribution is 2.14. The highest BCUT2D eigenvalue weighted by molar-refractivity contribution is 5.94. The van der Waals surface area contributed by atoms with E-state index in [1.807, 2.05) is 26.0 Å². The molecule has 3 heterocycles. The first-order valence-corrected chi connectivity index (χ1v) is 7.09. The van der Waals surface area contributed by atoms with E-state index in [-0.39, 0.29) is 11.9 Å². The third kappa shape index (κ3) is 2.67. The van der Waals surface area contributed by atoms with Crippen molar-refractivity contribution >= 4 is 5.91 Å². The second kappa shape index (κ2) is 5.29. The molecule has 0 unspecified atom stereocenters. The Bertz CT molecular complexity index is 661. The smallest absolute Gasteiger partial charge is 0.255 e. The second-order valence-electron chi connectivity index (χ2n) is 5.54. The number of aromatic nitrogens is 3. The monoisotopic (exact) mass is 285 g/mol. The van der Waals surface area contributed by atoms with Crippen molar-refractivity contribution in [3.8, 4) is 5.82 Å². The molecule has 0 aromatic carbocycles. The molecule has 3 rings (SSSR count). The standard InChI is InChI=1S/C15H19N5O/c1-10-7-11(2)20(18-10)14-4-3-12(8-17-14)15(21)19-6-5-13(16)9-19/h3-4,7-8,13H,5-6,9,16H2,1-2H3/t13-/m1/s1. The Morgan fingerprint density at radius 3 is 2.71 bits per heavy atom. The molecule has 1 aliphatic rings. The van der Waals surface area contributed by atoms with Gasteiger partial charge >= 0.3 is 0 Å². The number of likely N-dealkylation sites (tertiary alicyclic amines) is 1. The fraction of sp³-hybridized carbons (Fsp3) is 0.400. The van der Waals surface area contributed by atoms with E-state index in [1.54, 1.807) is 21.8 Å². The van der Waals surface area contributed by atoms with Gasteiger partial charge in [-0.25, -0.2) is 9.67 Å². The second-order valence-corrected chi connectivity index (χ2v) is 5.54. The van der Waals surface area contributed by atoms with Gasteiger partial charge in [0, 0.05) is 31.0 Å². The van der Waals surface area contributed by atoms with Crippen LogP contribution < -0.4 is 5.73 Å². The molecule has 2 aromatic heterocycles. The zero-order valence-corrected chi connectivity index (χ0v) is 12.3. The van der Waals surface area contributed by atoms with Gasteiger partial charge in [0.05, 0.1) is 11.3 Å². The highest BCUT2D eigenvalue weighted by atomic mass is 16.2. The van der Waals surface area contributed by atoms with Crippen LogP contribution in [0.2, 0.25) is 0 Å². The summed E-state index contributed by atoms with van der Waals surface area (Å²) in [4.78, 5) is 18.5. The van der Waals surface area contributed by atoms with Crippen molar-refractivity contribution in [1.29, 1.82) is 0 Å². The predicted molar refractivity (Wildman–Crippen MR) is 79.3 cm³/mol. The van der Waals surface area contributed by atoms with Gasteiger partial charge in [-0.1, -0.05) is 0 Å². The topological polar surface area (TPSA) is 77.0 Å². The third-order valence-corrected chi connectivity index (χ3v) is 3.73. The summed E-state index contributed by atoms with van der Waals surface area (Å²) in [6.45, 7) is 5.27. The first kappa shape index (κ1) is 13.8. The van der Waals surface area contributed by atoms with E-state index in [2.05, 4.69) is 10.1 Å². The van der Waals surface area contributed by atoms with Gasteiger partial charge in [0.1, 0.15) is 0 Å². The van der Waals surface area contributed by atoms with Gasteiger partial charge in [-0.05, 0) is 38.5 Å². The van der Waals surface area contributed by atoms with Crippen molar-refractivity contribution in [3.63, 3.8) is 0 Å². The summed E-state index contributed by atoms with van der Waals surface area (Å²) >= 11 is 0. The molecule has 0 aliphatic carbocycles. The van der Waals surface area contributed by atoms with E-state index in [4.69, 9.17) is 5.73 Å². The van der Waals surface area contributed by atoms with Crippen molar-refractivity contribution in [3.05, 3.63) is 41.3 Å². The lowest BCUT2D eigenvalue weighted by molar-refractivity contribution is 0.0790. The lowest BCUT2D eigenvalue weighted by atomic mass is 10.2. The van der Waals surface area contributed by atoms with Crippen LogP contribution in [0, 0.1) is 13.8 Å². The van der Waals surface area contributed by atoms with E-state index in [9.17, 15) is 4.79 Å². The van der Waals surface area contributed by atoms with Crippen LogP contribution in [0.1, 0.15) is 28.2 Å². The summed E-state index contributed by atoms with van der Waals surface area (Å²) in [6, 6.07) is 5.70. The molecule has 110 valence electrons. The van der Waals surface area contributed by atoms with Crippen LogP contribution in [0.4, 0.5) is 0 Å². The number of carbonyl (C=O) groups is 1. The maximum Gasteiger partial charge on any atom is 0.255 e. The Morgan fingerprint density at radius 2 is 2.19 bits per heavy atom. The van der Waals surface area contributed by atoms with E-state index >= 15 is 0 Å². The Hall–Kier alpha value is -2.21. The van der Waals surface area contributed by atoms with Crippen LogP contribution in [0.15, 0.2) is 24.4 Å². The van der Waals surface area contributed by atoms with Crippen molar-refractivity contribution in [2.75, 3.05) is 13.1 Å². The van der Waals surface area contributed by atoms with Crippen LogP contribution in [0.3, 0.4) is 0 Å². The van der Waals surface area contributed by atoms with Gasteiger partial charge < -0.3 is 10.6 Å². The largest absolute Gasteiger partial charge is 0.337 e. The molecule has 1 amide bonds. The minimum atomic E-state index is -0.00429. The molecule has 0 spiro atoms. The summed E-state index contributed by atoms with van der Waals surface area (Å²) < 4.78 is 1.77. The fourth-order valence-corrected chi connectivity index (χ4v) is 2.65. The number of carbonyl (C=O) groups excluding carboxylic acids is 1. The maximum atomic E-state index is 12.3. The molecule has 1 atom stereocenters. The molecule has 0 radical (unpaired) electrons. The number of hydrogen-bond acceptors (Lipinski definition) is 4. The number of nitrogens with two attached hydrogens (primary N) is 1. The Balaban J connectivity index is 1.81. The summed E-state index contributed by atoms with van der Waals surface area (Å²) in [5, 5.41) is 4.38. The SMILES string of the molecule is Cc1cc(C)n(-c2ccc(C(=O)N3CC[C@@H](N)C3)cn2)n1. The number of amides is 1. The summed E-state index contributed by atoms with van der Waals surface area (Å²) in [5.41, 5.74) is 8.39. The number of nitrogens with zero attached hydrogens (tertiary/aromatic N) is 4. The maximum absolute atomic E-state index is 12.3. The van der Waals surface area contributed by atoms with Crippen LogP contribution in [-0.2, 0) is 0 Å². The quantitative estimate of drug-likeness (QED) is 0.895. The van der Waals surface area contributed by atoms with Crippen molar-refractivity contribution < 1.29 is 4.79 Å². The van der Waals surface area contributed by atoms with Gasteiger partial charge in [-0.15, -0.1) is 0 Å². The number of rotatable bonds is 2. The zero-order valence-electron chi connectivity index (χ0n) is 12.3. The molecule has 6 heteroatoms. The molecular formula is C15H19N5O. The average molecular weight is 285 g/mol. The Morgan fingerprint density at radius 1 is 1.38 bits per heavy atom. The molecule has 1 fully saturated rings. The van der Waals surface area contributed by atoms with E-state index in [1.165, 1.54) is 0 Å². The summed E-state index contributed by atoms with van der Waals surface area (Å²) in [7, 11) is 0. The number of aryl methyl sites for hydroxylation is 2. The molecule has 2 aromatic rings. The molecule has 0 saturated carbocycles. The van der Waals surface area contributed by atoms with E-state index in [0.717, 1.165) is 30.2 Å². The highest BCUT2D eigenvalue weighted by Gasteiger charge is 2.24. The summed E-state index contributed by atoms with van der Waals surface area (Å²) in [5.74, 6) is 0.714. The lowest BCUT2D eigenvalue weighted by Gasteiger charge is -2.15. The van der Waals surface area contributed by atoms with Gasteiger partial charge in [0.25, 0.3) is 5.91 Å². The molecule has 21 heavy (non-hydrogen) atoms. The first-order chi connectivity index (χ1) is 10.0. The van der Waals surface area contributed by atoms with Crippen molar-refractivity contribution in [2.45, 2.75) is 26.3 Å². The van der Waals surface area contributed by atoms with Crippen molar-refractivity contribution in [1.82, 2.24) is 19.7 Å². The van der Waals surface area contributed by atoms with Crippen LogP contribution >= 0.6 is 0 Å². The van der Waals surface area contributed by atoms with Gasteiger partial charge in [-0.2, -0.15) is 5.10 Å². The number of hydrogen-bond donors (Lipinski definition) is 1. The van der Waals surface area contributed by atoms with E-state index in [0.29, 0.717) is 12.1 Å². The van der Waals surface area contributed by atoms with Gasteiger partial charge in [-0.3, -0.25) is 4.79 Å². The first-order valence-electron chi connectivity index (χ1n) is 7.09. The zero-order chi connectivity index (χ0) is 15.0. The lowest BCUT2D eigenvalue weighted by Crippen LogP contribution is -2.31. The minimum absolute atomic E-state index is 0.00429. The predicted octanol–water partition coefficient (Wildman–Crippen LogP) is 1.06. The van der Waals surface area contributed by atoms with E-state index < -0.39 is 0 Å². The molecule has 2 N–H and O–H groups in total. The molecule has 1 saturated heterocycles. The average Bonchev–Trinajstić information content (AvgIpc) is 3.04. The molecular weight excluding hydrogens is 266 g/mol. The Labute approximate surface area is 123 Å². The normalized spacial score (nSPS) is 18.2. The Kier molecular flexibility index (Phi) is 3.47. The molecule has 6 nitrogen and oxygen atoms in total.